The Balaban J connectivity index is 1.12. The summed E-state index contributed by atoms with van der Waals surface area (Å²) in [5.41, 5.74) is 5.15. The molecule has 0 saturated carbocycles. The zero-order valence-electron chi connectivity index (χ0n) is 31.1. The van der Waals surface area contributed by atoms with Gasteiger partial charge in [0.2, 0.25) is 11.8 Å². The number of benzene rings is 2. The molecule has 4 aromatic rings. The van der Waals surface area contributed by atoms with Crippen molar-refractivity contribution in [3.63, 3.8) is 0 Å². The molecule has 4 amide bonds. The second-order valence-corrected chi connectivity index (χ2v) is 14.5. The van der Waals surface area contributed by atoms with Gasteiger partial charge in [-0.15, -0.1) is 0 Å². The number of halogens is 2. The number of nitrogens with zero attached hydrogens (tertiary/aromatic N) is 4. The summed E-state index contributed by atoms with van der Waals surface area (Å²) in [6.45, 7) is 4.57. The minimum absolute atomic E-state index is 0.0572. The number of hydrogen-bond acceptors (Lipinski definition) is 7. The first-order valence-electron chi connectivity index (χ1n) is 18.3. The topological polar surface area (TPSA) is 186 Å². The van der Waals surface area contributed by atoms with Gasteiger partial charge in [-0.05, 0) is 41.0 Å². The lowest BCUT2D eigenvalue weighted by Gasteiger charge is -2.30. The van der Waals surface area contributed by atoms with Gasteiger partial charge >= 0.3 is 12.2 Å². The summed E-state index contributed by atoms with van der Waals surface area (Å²) < 4.78 is 32.9. The highest BCUT2D eigenvalue weighted by atomic mass is 19.1. The van der Waals surface area contributed by atoms with Gasteiger partial charge < -0.3 is 40.2 Å². The molecule has 6 rings (SSSR count). The van der Waals surface area contributed by atoms with E-state index in [-0.39, 0.29) is 30.8 Å². The van der Waals surface area contributed by atoms with Crippen LogP contribution in [0.4, 0.5) is 18.4 Å². The standard InChI is InChI=1S/C39H46F2N8O6/c1-21(2)32(46-38(52)53)36(50)49-20-27(41)16-31(49)35-43-19-29(45-35)26-13-9-24(10-14-26)23-7-11-25(12-8-23)28-18-42-34(44-28)30-6-5-15-48(30)37(51)33(22(3)17-40)47-39(54)55-4/h7-14,18-19,21-22,27,30-33,46H,5-6,15-17,20H2,1-4H3,(H,42,44)(H,43,45)(H,47,54)(H,52,53)/t22?,27-,30?,31+,32+,33+/m1/s1. The van der Waals surface area contributed by atoms with Crippen molar-refractivity contribution < 1.29 is 37.8 Å². The maximum absolute atomic E-state index is 14.6. The van der Waals surface area contributed by atoms with E-state index in [0.717, 1.165) is 34.4 Å². The predicted octanol–water partition coefficient (Wildman–Crippen LogP) is 6.03. The molecule has 2 unspecified atom stereocenters. The number of alkyl carbamates (subject to hydrolysis) is 1. The number of rotatable bonds is 12. The lowest BCUT2D eigenvalue weighted by molar-refractivity contribution is -0.136. The van der Waals surface area contributed by atoms with Crippen LogP contribution in [0.25, 0.3) is 33.6 Å². The molecule has 2 aliphatic heterocycles. The van der Waals surface area contributed by atoms with E-state index in [1.807, 2.05) is 48.5 Å². The van der Waals surface area contributed by atoms with Crippen LogP contribution in [0.15, 0.2) is 60.9 Å². The quantitative estimate of drug-likeness (QED) is 0.116. The molecule has 2 fully saturated rings. The van der Waals surface area contributed by atoms with E-state index in [0.29, 0.717) is 30.3 Å². The number of H-pyrrole nitrogens is 2. The average Bonchev–Trinajstić information content (AvgIpc) is 4.02. The molecular formula is C39H46F2N8O6. The Hall–Kier alpha value is -5.80. The van der Waals surface area contributed by atoms with Crippen molar-refractivity contribution in [2.75, 3.05) is 26.9 Å². The van der Waals surface area contributed by atoms with Gasteiger partial charge in [0, 0.05) is 18.9 Å². The molecule has 2 aromatic heterocycles. The summed E-state index contributed by atoms with van der Waals surface area (Å²) in [6, 6.07) is 12.7. The van der Waals surface area contributed by atoms with E-state index in [4.69, 9.17) is 0 Å². The Kier molecular flexibility index (Phi) is 11.8. The first-order chi connectivity index (χ1) is 26.4. The second kappa shape index (κ2) is 16.7. The zero-order valence-corrected chi connectivity index (χ0v) is 31.1. The molecule has 2 aromatic carbocycles. The maximum Gasteiger partial charge on any atom is 0.407 e. The number of carboxylic acid groups (broad SMARTS) is 1. The summed E-state index contributed by atoms with van der Waals surface area (Å²) >= 11 is 0. The molecule has 0 spiro atoms. The van der Waals surface area contributed by atoms with Crippen molar-refractivity contribution in [1.29, 1.82) is 0 Å². The lowest BCUT2D eigenvalue weighted by Crippen LogP contribution is -2.52. The number of methoxy groups -OCH3 is 1. The van der Waals surface area contributed by atoms with Crippen LogP contribution < -0.4 is 10.6 Å². The molecule has 0 bridgehead atoms. The van der Waals surface area contributed by atoms with Gasteiger partial charge in [0.1, 0.15) is 29.9 Å². The Morgan fingerprint density at radius 2 is 1.36 bits per heavy atom. The predicted molar refractivity (Wildman–Crippen MR) is 199 cm³/mol. The molecule has 4 heterocycles. The lowest BCUT2D eigenvalue weighted by atomic mass is 10.0. The SMILES string of the molecule is COC(=O)N[C@H](C(=O)N1CCCC1c1ncc(-c2ccc(-c3ccc(-c4cnc([C@@H]5C[C@@H](F)CN5C(=O)[C@@H](NC(=O)O)C(C)C)[nH]4)cc3)cc2)[nH]1)C(C)CF. The molecule has 0 radical (unpaired) electrons. The number of hydrogen-bond donors (Lipinski definition) is 5. The van der Waals surface area contributed by atoms with Crippen molar-refractivity contribution in [2.45, 2.75) is 70.4 Å². The fourth-order valence-corrected chi connectivity index (χ4v) is 7.32. The van der Waals surface area contributed by atoms with Crippen molar-refractivity contribution in [2.24, 2.45) is 11.8 Å². The van der Waals surface area contributed by atoms with Crippen LogP contribution in [0.2, 0.25) is 0 Å². The third-order valence-electron chi connectivity index (χ3n) is 10.4. The number of ether oxygens (including phenoxy) is 1. The van der Waals surface area contributed by atoms with Crippen molar-refractivity contribution >= 4 is 24.0 Å². The molecule has 2 aliphatic rings. The highest BCUT2D eigenvalue weighted by molar-refractivity contribution is 5.87. The monoisotopic (exact) mass is 760 g/mol. The van der Waals surface area contributed by atoms with Crippen molar-refractivity contribution in [3.05, 3.63) is 72.6 Å². The molecule has 292 valence electrons. The Bertz CT molecular complexity index is 1980. The molecule has 55 heavy (non-hydrogen) atoms. The molecule has 14 nitrogen and oxygen atoms in total. The number of carbonyl (C=O) groups is 4. The third-order valence-corrected chi connectivity index (χ3v) is 10.4. The fraction of sp³-hybridized carbons (Fsp3) is 0.436. The maximum atomic E-state index is 14.6. The average molecular weight is 761 g/mol. The second-order valence-electron chi connectivity index (χ2n) is 14.5. The molecular weight excluding hydrogens is 714 g/mol. The summed E-state index contributed by atoms with van der Waals surface area (Å²) in [5.74, 6) is -0.885. The van der Waals surface area contributed by atoms with Crippen LogP contribution in [0.1, 0.15) is 63.8 Å². The molecule has 0 aliphatic carbocycles. The number of aromatic amines is 2. The number of likely N-dealkylation sites (tertiary alicyclic amines) is 2. The molecule has 16 heteroatoms. The number of aromatic nitrogens is 4. The van der Waals surface area contributed by atoms with E-state index in [1.165, 1.54) is 12.0 Å². The summed E-state index contributed by atoms with van der Waals surface area (Å²) in [4.78, 5) is 68.7. The smallest absolute Gasteiger partial charge is 0.407 e. The first-order valence-corrected chi connectivity index (χ1v) is 18.3. The van der Waals surface area contributed by atoms with Crippen LogP contribution in [0.3, 0.4) is 0 Å². The molecule has 2 saturated heterocycles. The first kappa shape index (κ1) is 38.9. The number of carbonyl (C=O) groups excluding carboxylic acids is 3. The van der Waals surface area contributed by atoms with Gasteiger partial charge in [0.15, 0.2) is 0 Å². The van der Waals surface area contributed by atoms with E-state index in [2.05, 4.69) is 35.3 Å². The molecule has 6 atom stereocenters. The van der Waals surface area contributed by atoms with E-state index in [9.17, 15) is 33.1 Å². The zero-order chi connectivity index (χ0) is 39.4. The van der Waals surface area contributed by atoms with Crippen LogP contribution in [0.5, 0.6) is 0 Å². The highest BCUT2D eigenvalue weighted by Crippen LogP contribution is 2.36. The van der Waals surface area contributed by atoms with Crippen LogP contribution in [0, 0.1) is 11.8 Å². The number of nitrogens with one attached hydrogen (secondary N) is 4. The number of amides is 4. The van der Waals surface area contributed by atoms with E-state index < -0.39 is 55.0 Å². The fourth-order valence-electron chi connectivity index (χ4n) is 7.32. The largest absolute Gasteiger partial charge is 0.465 e. The summed E-state index contributed by atoms with van der Waals surface area (Å²) in [5, 5.41) is 14.0. The van der Waals surface area contributed by atoms with Crippen molar-refractivity contribution in [1.82, 2.24) is 40.4 Å². The van der Waals surface area contributed by atoms with Gasteiger partial charge in [0.05, 0.1) is 56.2 Å². The number of imidazole rings is 2. The van der Waals surface area contributed by atoms with Gasteiger partial charge in [-0.1, -0.05) is 69.3 Å². The minimum Gasteiger partial charge on any atom is -0.465 e. The Morgan fingerprint density at radius 3 is 1.87 bits per heavy atom. The van der Waals surface area contributed by atoms with Crippen molar-refractivity contribution in [3.8, 4) is 33.6 Å². The van der Waals surface area contributed by atoms with Gasteiger partial charge in [-0.25, -0.2) is 23.9 Å². The van der Waals surface area contributed by atoms with Gasteiger partial charge in [-0.2, -0.15) is 0 Å². The van der Waals surface area contributed by atoms with Crippen LogP contribution in [-0.2, 0) is 14.3 Å². The van der Waals surface area contributed by atoms with Crippen LogP contribution >= 0.6 is 0 Å². The Labute approximate surface area is 317 Å². The third kappa shape index (κ3) is 8.47. The number of alkyl halides is 2. The normalized spacial score (nSPS) is 19.9. The van der Waals surface area contributed by atoms with Gasteiger partial charge in [-0.3, -0.25) is 14.0 Å². The minimum atomic E-state index is -1.32. The summed E-state index contributed by atoms with van der Waals surface area (Å²) in [7, 11) is 1.19. The molecule has 5 N–H and O–H groups in total. The highest BCUT2D eigenvalue weighted by Gasteiger charge is 2.42. The van der Waals surface area contributed by atoms with E-state index in [1.54, 1.807) is 38.1 Å². The van der Waals surface area contributed by atoms with Crippen LogP contribution in [-0.4, -0.2) is 104 Å². The Morgan fingerprint density at radius 1 is 0.836 bits per heavy atom. The summed E-state index contributed by atoms with van der Waals surface area (Å²) in [6.07, 6.45) is 1.46. The van der Waals surface area contributed by atoms with E-state index >= 15 is 0 Å². The van der Waals surface area contributed by atoms with Gasteiger partial charge in [0.25, 0.3) is 0 Å².